The molecule has 1 heterocycles. The molecule has 3 heteroatoms. The van der Waals surface area contributed by atoms with Crippen molar-refractivity contribution in [2.45, 2.75) is 52.1 Å². The first-order valence-corrected chi connectivity index (χ1v) is 7.39. The van der Waals surface area contributed by atoms with Gasteiger partial charge in [0.2, 0.25) is 0 Å². The molecule has 0 radical (unpaired) electrons. The molecule has 0 spiro atoms. The molecule has 0 aliphatic carbocycles. The van der Waals surface area contributed by atoms with Gasteiger partial charge in [0.05, 0.1) is 0 Å². The number of halogens is 1. The van der Waals surface area contributed by atoms with Gasteiger partial charge in [0, 0.05) is 37.3 Å². The lowest BCUT2D eigenvalue weighted by Gasteiger charge is -2.42. The molecule has 0 aromatic carbocycles. The van der Waals surface area contributed by atoms with E-state index in [4.69, 9.17) is 11.6 Å². The van der Waals surface area contributed by atoms with Crippen LogP contribution in [0, 0.1) is 5.92 Å². The molecular weight excluding hydrogens is 232 g/mol. The van der Waals surface area contributed by atoms with Crippen molar-refractivity contribution in [1.82, 2.24) is 10.2 Å². The van der Waals surface area contributed by atoms with Gasteiger partial charge in [-0.15, -0.1) is 0 Å². The van der Waals surface area contributed by atoms with E-state index in [2.05, 4.69) is 37.1 Å². The first kappa shape index (κ1) is 15.0. The topological polar surface area (TPSA) is 15.3 Å². The summed E-state index contributed by atoms with van der Waals surface area (Å²) < 4.78 is 0. The minimum absolute atomic E-state index is 0.636. The van der Waals surface area contributed by atoms with E-state index < -0.39 is 0 Å². The Morgan fingerprint density at radius 3 is 2.82 bits per heavy atom. The van der Waals surface area contributed by atoms with Crippen molar-refractivity contribution >= 4 is 11.6 Å². The molecule has 1 aliphatic rings. The molecule has 2 nitrogen and oxygen atoms in total. The second-order valence-corrected chi connectivity index (χ2v) is 5.41. The van der Waals surface area contributed by atoms with Crippen LogP contribution in [0.2, 0.25) is 0 Å². The highest BCUT2D eigenvalue weighted by molar-refractivity contribution is 6.25. The molecule has 0 saturated carbocycles. The van der Waals surface area contributed by atoms with E-state index in [1.165, 1.54) is 19.3 Å². The largest absolute Gasteiger partial charge is 0.311 e. The fourth-order valence-electron chi connectivity index (χ4n) is 2.57. The maximum absolute atomic E-state index is 5.65. The SMILES string of the molecule is CCCC1CNC(C(C)CC)CN1C/C=C/Cl. The van der Waals surface area contributed by atoms with Crippen LogP contribution in [0.4, 0.5) is 0 Å². The van der Waals surface area contributed by atoms with Crippen molar-refractivity contribution in [3.8, 4) is 0 Å². The van der Waals surface area contributed by atoms with Crippen molar-refractivity contribution in [2.24, 2.45) is 5.92 Å². The van der Waals surface area contributed by atoms with Crippen molar-refractivity contribution < 1.29 is 0 Å². The number of hydrogen-bond acceptors (Lipinski definition) is 2. The quantitative estimate of drug-likeness (QED) is 0.787. The summed E-state index contributed by atoms with van der Waals surface area (Å²) in [7, 11) is 0. The number of nitrogens with one attached hydrogen (secondary N) is 1. The Morgan fingerprint density at radius 2 is 2.24 bits per heavy atom. The van der Waals surface area contributed by atoms with E-state index in [0.717, 1.165) is 25.6 Å². The first-order chi connectivity index (χ1) is 8.22. The van der Waals surface area contributed by atoms with Gasteiger partial charge in [-0.1, -0.05) is 51.3 Å². The van der Waals surface area contributed by atoms with Gasteiger partial charge in [0.15, 0.2) is 0 Å². The Hall–Kier alpha value is -0.0500. The summed E-state index contributed by atoms with van der Waals surface area (Å²) in [4.78, 5) is 2.58. The molecule has 0 aromatic heterocycles. The molecule has 3 atom stereocenters. The normalized spacial score (nSPS) is 28.7. The molecule has 3 unspecified atom stereocenters. The van der Waals surface area contributed by atoms with E-state index >= 15 is 0 Å². The second kappa shape index (κ2) is 8.12. The van der Waals surface area contributed by atoms with Gasteiger partial charge in [-0.25, -0.2) is 0 Å². The summed E-state index contributed by atoms with van der Waals surface area (Å²) in [6, 6.07) is 1.31. The highest BCUT2D eigenvalue weighted by Crippen LogP contribution is 2.18. The summed E-state index contributed by atoms with van der Waals surface area (Å²) in [6.45, 7) is 10.1. The van der Waals surface area contributed by atoms with Crippen LogP contribution < -0.4 is 5.32 Å². The third-order valence-corrected chi connectivity index (χ3v) is 4.12. The maximum atomic E-state index is 5.65. The minimum Gasteiger partial charge on any atom is -0.311 e. The first-order valence-electron chi connectivity index (χ1n) is 6.95. The molecule has 17 heavy (non-hydrogen) atoms. The van der Waals surface area contributed by atoms with Gasteiger partial charge in [0.25, 0.3) is 0 Å². The third-order valence-electron chi connectivity index (χ3n) is 3.95. The zero-order chi connectivity index (χ0) is 12.7. The maximum Gasteiger partial charge on any atom is 0.0224 e. The van der Waals surface area contributed by atoms with E-state index in [9.17, 15) is 0 Å². The van der Waals surface area contributed by atoms with Crippen LogP contribution in [0.5, 0.6) is 0 Å². The van der Waals surface area contributed by atoms with Gasteiger partial charge in [-0.2, -0.15) is 0 Å². The lowest BCUT2D eigenvalue weighted by molar-refractivity contribution is 0.115. The van der Waals surface area contributed by atoms with E-state index in [0.29, 0.717) is 12.1 Å². The lowest BCUT2D eigenvalue weighted by atomic mass is 9.94. The Morgan fingerprint density at radius 1 is 1.47 bits per heavy atom. The van der Waals surface area contributed by atoms with E-state index in [1.807, 2.05) is 0 Å². The Kier molecular flexibility index (Phi) is 7.17. The predicted octanol–water partition coefficient (Wildman–Crippen LogP) is 3.23. The molecule has 1 aliphatic heterocycles. The van der Waals surface area contributed by atoms with E-state index in [-0.39, 0.29) is 0 Å². The van der Waals surface area contributed by atoms with Crippen molar-refractivity contribution in [3.63, 3.8) is 0 Å². The molecule has 1 N–H and O–H groups in total. The summed E-state index contributed by atoms with van der Waals surface area (Å²) in [6.07, 6.45) is 5.83. The van der Waals surface area contributed by atoms with Crippen LogP contribution in [-0.4, -0.2) is 36.6 Å². The van der Waals surface area contributed by atoms with Gasteiger partial charge < -0.3 is 5.32 Å². The van der Waals surface area contributed by atoms with Gasteiger partial charge in [0.1, 0.15) is 0 Å². The zero-order valence-electron chi connectivity index (χ0n) is 11.5. The van der Waals surface area contributed by atoms with Crippen LogP contribution in [0.15, 0.2) is 11.6 Å². The molecule has 1 fully saturated rings. The number of nitrogens with zero attached hydrogens (tertiary/aromatic N) is 1. The van der Waals surface area contributed by atoms with Crippen LogP contribution in [0.25, 0.3) is 0 Å². The monoisotopic (exact) mass is 258 g/mol. The molecule has 0 aromatic rings. The van der Waals surface area contributed by atoms with Crippen molar-refractivity contribution in [3.05, 3.63) is 11.6 Å². The fourth-order valence-corrected chi connectivity index (χ4v) is 2.64. The highest BCUT2D eigenvalue weighted by atomic mass is 35.5. The van der Waals surface area contributed by atoms with Crippen LogP contribution in [0.3, 0.4) is 0 Å². The molecule has 100 valence electrons. The second-order valence-electron chi connectivity index (χ2n) is 5.16. The third kappa shape index (κ3) is 4.61. The summed E-state index contributed by atoms with van der Waals surface area (Å²) >= 11 is 5.65. The molecule has 1 saturated heterocycles. The summed E-state index contributed by atoms with van der Waals surface area (Å²) in [5.41, 5.74) is 1.64. The molecular formula is C14H27ClN2. The van der Waals surface area contributed by atoms with Gasteiger partial charge >= 0.3 is 0 Å². The average molecular weight is 259 g/mol. The standard InChI is InChI=1S/C14H27ClN2/c1-4-7-13-10-16-14(12(3)5-2)11-17(13)9-6-8-15/h6,8,12-14,16H,4-5,7,9-11H2,1-3H3/b8-6+. The number of rotatable bonds is 6. The number of piperazine rings is 1. The van der Waals surface area contributed by atoms with Crippen LogP contribution in [-0.2, 0) is 0 Å². The van der Waals surface area contributed by atoms with E-state index in [1.54, 1.807) is 5.54 Å². The molecule has 1 rings (SSSR count). The van der Waals surface area contributed by atoms with Gasteiger partial charge in [-0.05, 0) is 12.3 Å². The van der Waals surface area contributed by atoms with Crippen molar-refractivity contribution in [2.75, 3.05) is 19.6 Å². The number of hydrogen-bond donors (Lipinski definition) is 1. The summed E-state index contributed by atoms with van der Waals surface area (Å²) in [5.74, 6) is 0.750. The smallest absolute Gasteiger partial charge is 0.0224 e. The van der Waals surface area contributed by atoms with Crippen LogP contribution >= 0.6 is 11.6 Å². The van der Waals surface area contributed by atoms with Crippen molar-refractivity contribution in [1.29, 1.82) is 0 Å². The van der Waals surface area contributed by atoms with Crippen LogP contribution in [0.1, 0.15) is 40.0 Å². The average Bonchev–Trinajstić information content (AvgIpc) is 2.37. The minimum atomic E-state index is 0.636. The predicted molar refractivity (Wildman–Crippen MR) is 76.5 cm³/mol. The zero-order valence-corrected chi connectivity index (χ0v) is 12.2. The van der Waals surface area contributed by atoms with Gasteiger partial charge in [-0.3, -0.25) is 4.90 Å². The molecule has 0 bridgehead atoms. The Bertz CT molecular complexity index is 230. The Balaban J connectivity index is 2.55. The highest BCUT2D eigenvalue weighted by Gasteiger charge is 2.28. The molecule has 0 amide bonds. The summed E-state index contributed by atoms with van der Waals surface area (Å²) in [5, 5.41) is 3.71. The fraction of sp³-hybridized carbons (Fsp3) is 0.857. The lowest BCUT2D eigenvalue weighted by Crippen LogP contribution is -2.58. The Labute approximate surface area is 111 Å².